The van der Waals surface area contributed by atoms with Gasteiger partial charge >= 0.3 is 0 Å². The van der Waals surface area contributed by atoms with Crippen LogP contribution < -0.4 is 0 Å². The van der Waals surface area contributed by atoms with Gasteiger partial charge in [-0.05, 0) is 19.8 Å². The minimum atomic E-state index is -3.48. The molecular weight excluding hydrogens is 266 g/mol. The highest BCUT2D eigenvalue weighted by Crippen LogP contribution is 2.17. The number of hydrogen-bond donors (Lipinski definition) is 1. The fourth-order valence-electron chi connectivity index (χ4n) is 1.84. The normalized spacial score (nSPS) is 13.9. The van der Waals surface area contributed by atoms with Gasteiger partial charge in [0.15, 0.2) is 0 Å². The Morgan fingerprint density at radius 3 is 2.79 bits per heavy atom. The molecule has 1 aromatic rings. The highest BCUT2D eigenvalue weighted by Gasteiger charge is 2.26. The third-order valence-corrected chi connectivity index (χ3v) is 5.08. The van der Waals surface area contributed by atoms with Crippen LogP contribution in [-0.2, 0) is 16.6 Å². The third kappa shape index (κ3) is 4.02. The lowest BCUT2D eigenvalue weighted by atomic mass is 10.2. The van der Waals surface area contributed by atoms with E-state index in [2.05, 4.69) is 5.10 Å². The van der Waals surface area contributed by atoms with E-state index in [9.17, 15) is 8.42 Å². The van der Waals surface area contributed by atoms with Crippen LogP contribution in [0.3, 0.4) is 0 Å². The van der Waals surface area contributed by atoms with E-state index in [0.717, 1.165) is 12.8 Å². The molecule has 7 heteroatoms. The van der Waals surface area contributed by atoms with Crippen LogP contribution >= 0.6 is 0 Å². The fourth-order valence-corrected chi connectivity index (χ4v) is 3.18. The zero-order valence-corrected chi connectivity index (χ0v) is 12.6. The molecule has 1 unspecified atom stereocenters. The van der Waals surface area contributed by atoms with E-state index in [1.807, 2.05) is 13.8 Å². The van der Waals surface area contributed by atoms with E-state index >= 15 is 0 Å². The molecule has 1 aromatic heterocycles. The number of aliphatic hydroxyl groups excluding tert-OH is 1. The van der Waals surface area contributed by atoms with E-state index < -0.39 is 10.0 Å². The number of rotatable bonds is 8. The summed E-state index contributed by atoms with van der Waals surface area (Å²) >= 11 is 0. The van der Waals surface area contributed by atoms with E-state index in [4.69, 9.17) is 5.11 Å². The summed E-state index contributed by atoms with van der Waals surface area (Å²) in [6, 6.07) is -0.0317. The Balaban J connectivity index is 2.84. The van der Waals surface area contributed by atoms with Gasteiger partial charge in [-0.1, -0.05) is 13.3 Å². The van der Waals surface area contributed by atoms with Gasteiger partial charge < -0.3 is 5.11 Å². The predicted molar refractivity (Wildman–Crippen MR) is 73.2 cm³/mol. The van der Waals surface area contributed by atoms with Gasteiger partial charge in [-0.2, -0.15) is 9.40 Å². The maximum atomic E-state index is 12.4. The molecule has 0 radical (unpaired) electrons. The summed E-state index contributed by atoms with van der Waals surface area (Å²) in [6.07, 6.45) is 5.20. The Morgan fingerprint density at radius 1 is 1.53 bits per heavy atom. The molecule has 0 bridgehead atoms. The van der Waals surface area contributed by atoms with Crippen molar-refractivity contribution in [1.82, 2.24) is 14.1 Å². The summed E-state index contributed by atoms with van der Waals surface area (Å²) < 4.78 is 27.7. The Morgan fingerprint density at radius 2 is 2.21 bits per heavy atom. The molecule has 1 heterocycles. The Kier molecular flexibility index (Phi) is 5.96. The quantitative estimate of drug-likeness (QED) is 0.777. The maximum Gasteiger partial charge on any atom is 0.246 e. The molecule has 6 nitrogen and oxygen atoms in total. The lowest BCUT2D eigenvalue weighted by Crippen LogP contribution is -2.34. The lowest BCUT2D eigenvalue weighted by Gasteiger charge is -2.23. The highest BCUT2D eigenvalue weighted by atomic mass is 32.2. The average Bonchev–Trinajstić information content (AvgIpc) is 2.85. The van der Waals surface area contributed by atoms with Gasteiger partial charge in [0.2, 0.25) is 10.0 Å². The van der Waals surface area contributed by atoms with E-state index in [1.165, 1.54) is 16.7 Å². The van der Waals surface area contributed by atoms with Crippen LogP contribution in [-0.4, -0.2) is 47.3 Å². The van der Waals surface area contributed by atoms with E-state index in [1.54, 1.807) is 11.7 Å². The molecule has 0 aromatic carbocycles. The minimum absolute atomic E-state index is 0.0317. The molecular formula is C12H23N3O3S. The summed E-state index contributed by atoms with van der Waals surface area (Å²) in [6.45, 7) is 4.51. The van der Waals surface area contributed by atoms with Crippen molar-refractivity contribution in [1.29, 1.82) is 0 Å². The molecule has 0 spiro atoms. The number of sulfonamides is 1. The van der Waals surface area contributed by atoms with Crippen LogP contribution in [0.25, 0.3) is 0 Å². The van der Waals surface area contributed by atoms with Crippen LogP contribution in [0, 0.1) is 0 Å². The second-order valence-corrected chi connectivity index (χ2v) is 6.67. The monoisotopic (exact) mass is 289 g/mol. The topological polar surface area (TPSA) is 75.4 Å². The van der Waals surface area contributed by atoms with Crippen LogP contribution in [0.4, 0.5) is 0 Å². The fraction of sp³-hybridized carbons (Fsp3) is 0.750. The van der Waals surface area contributed by atoms with Crippen molar-refractivity contribution in [3.05, 3.63) is 12.4 Å². The first-order valence-electron chi connectivity index (χ1n) is 6.54. The summed E-state index contributed by atoms with van der Waals surface area (Å²) in [5.41, 5.74) is 0. The van der Waals surface area contributed by atoms with Crippen molar-refractivity contribution in [2.24, 2.45) is 0 Å². The molecule has 0 amide bonds. The first-order chi connectivity index (χ1) is 8.93. The molecule has 0 aliphatic rings. The first-order valence-corrected chi connectivity index (χ1v) is 7.98. The number of aromatic nitrogens is 2. The highest BCUT2D eigenvalue weighted by molar-refractivity contribution is 7.89. The van der Waals surface area contributed by atoms with Gasteiger partial charge in [0.05, 0.1) is 6.20 Å². The van der Waals surface area contributed by atoms with Gasteiger partial charge in [-0.3, -0.25) is 4.68 Å². The molecule has 0 aliphatic heterocycles. The zero-order chi connectivity index (χ0) is 14.5. The van der Waals surface area contributed by atoms with Gasteiger partial charge in [0.25, 0.3) is 0 Å². The predicted octanol–water partition coefficient (Wildman–Crippen LogP) is 1.07. The van der Waals surface area contributed by atoms with Crippen molar-refractivity contribution in [2.45, 2.75) is 50.6 Å². The molecule has 1 atom stereocenters. The first kappa shape index (κ1) is 16.1. The number of hydrogen-bond acceptors (Lipinski definition) is 4. The summed E-state index contributed by atoms with van der Waals surface area (Å²) in [7, 11) is -1.88. The van der Waals surface area contributed by atoms with Crippen LogP contribution in [0.15, 0.2) is 17.3 Å². The Labute approximate surface area is 115 Å². The van der Waals surface area contributed by atoms with Crippen LogP contribution in [0.5, 0.6) is 0 Å². The maximum absolute atomic E-state index is 12.4. The van der Waals surface area contributed by atoms with Crippen molar-refractivity contribution in [2.75, 3.05) is 13.7 Å². The standard InChI is InChI=1S/C12H23N3O3S/c1-4-6-11(2)14(3)19(17,18)12-9-13-15(10-12)7-5-8-16/h9-11,16H,4-8H2,1-3H3. The molecule has 0 saturated carbocycles. The van der Waals surface area contributed by atoms with Gasteiger partial charge in [0, 0.05) is 32.4 Å². The van der Waals surface area contributed by atoms with E-state index in [0.29, 0.717) is 13.0 Å². The SMILES string of the molecule is CCCC(C)N(C)S(=O)(=O)c1cnn(CCCO)c1. The summed E-state index contributed by atoms with van der Waals surface area (Å²) in [5, 5.41) is 12.8. The number of aryl methyl sites for hydroxylation is 1. The van der Waals surface area contributed by atoms with Gasteiger partial charge in [-0.25, -0.2) is 8.42 Å². The summed E-state index contributed by atoms with van der Waals surface area (Å²) in [4.78, 5) is 0.205. The molecule has 19 heavy (non-hydrogen) atoms. The molecule has 0 saturated heterocycles. The van der Waals surface area contributed by atoms with Gasteiger partial charge in [-0.15, -0.1) is 0 Å². The van der Waals surface area contributed by atoms with Crippen molar-refractivity contribution in [3.63, 3.8) is 0 Å². The van der Waals surface area contributed by atoms with Crippen LogP contribution in [0.2, 0.25) is 0 Å². The second kappa shape index (κ2) is 7.02. The summed E-state index contributed by atoms with van der Waals surface area (Å²) in [5.74, 6) is 0. The number of nitrogens with zero attached hydrogens (tertiary/aromatic N) is 3. The Bertz CT molecular complexity index is 484. The molecule has 0 aliphatic carbocycles. The smallest absolute Gasteiger partial charge is 0.246 e. The second-order valence-electron chi connectivity index (χ2n) is 4.68. The lowest BCUT2D eigenvalue weighted by molar-refractivity contribution is 0.277. The molecule has 1 rings (SSSR count). The largest absolute Gasteiger partial charge is 0.396 e. The molecule has 0 fully saturated rings. The minimum Gasteiger partial charge on any atom is -0.396 e. The molecule has 110 valence electrons. The van der Waals surface area contributed by atoms with Crippen molar-refractivity contribution < 1.29 is 13.5 Å². The molecule has 1 N–H and O–H groups in total. The number of aliphatic hydroxyl groups is 1. The van der Waals surface area contributed by atoms with Crippen molar-refractivity contribution in [3.8, 4) is 0 Å². The van der Waals surface area contributed by atoms with Gasteiger partial charge in [0.1, 0.15) is 4.90 Å². The Hall–Kier alpha value is -0.920. The van der Waals surface area contributed by atoms with E-state index in [-0.39, 0.29) is 17.5 Å². The average molecular weight is 289 g/mol. The van der Waals surface area contributed by atoms with Crippen molar-refractivity contribution >= 4 is 10.0 Å². The third-order valence-electron chi connectivity index (χ3n) is 3.16. The zero-order valence-electron chi connectivity index (χ0n) is 11.8. The van der Waals surface area contributed by atoms with Crippen LogP contribution in [0.1, 0.15) is 33.1 Å².